The zero-order valence-corrected chi connectivity index (χ0v) is 23.6. The van der Waals surface area contributed by atoms with E-state index in [0.29, 0.717) is 23.3 Å². The predicted octanol–water partition coefficient (Wildman–Crippen LogP) is 6.11. The highest BCUT2D eigenvalue weighted by molar-refractivity contribution is 7.71. The van der Waals surface area contributed by atoms with E-state index in [1.54, 1.807) is 0 Å². The first-order valence-corrected chi connectivity index (χ1v) is 14.6. The molecule has 0 saturated carbocycles. The maximum absolute atomic E-state index is 14.8. The van der Waals surface area contributed by atoms with Crippen molar-refractivity contribution in [2.75, 3.05) is 36.7 Å². The van der Waals surface area contributed by atoms with Crippen molar-refractivity contribution in [2.45, 2.75) is 27.7 Å². The first kappa shape index (κ1) is 29.4. The fraction of sp³-hybridized carbons (Fsp3) is 0.346. The third kappa shape index (κ3) is 7.01. The third-order valence-corrected chi connectivity index (χ3v) is 9.31. The van der Waals surface area contributed by atoms with Gasteiger partial charge in [-0.1, -0.05) is 51.4 Å². The Hall–Kier alpha value is -3.20. The molecule has 0 bridgehead atoms. The average molecular weight is 564 g/mol. The Morgan fingerprint density at radius 1 is 1.13 bits per heavy atom. The molecule has 0 aliphatic heterocycles. The van der Waals surface area contributed by atoms with Crippen molar-refractivity contribution < 1.29 is 23.3 Å². The summed E-state index contributed by atoms with van der Waals surface area (Å²) in [5.74, 6) is -0.791. The molecule has 0 unspecified atom stereocenters. The van der Waals surface area contributed by atoms with Gasteiger partial charge in [-0.25, -0.2) is 14.9 Å². The normalized spacial score (nSPS) is 11.4. The monoisotopic (exact) mass is 563 g/mol. The number of para-hydroxylation sites is 1. The number of halogens is 2. The molecule has 1 aromatic heterocycles. The van der Waals surface area contributed by atoms with Crippen LogP contribution in [0.25, 0.3) is 0 Å². The van der Waals surface area contributed by atoms with Gasteiger partial charge in [-0.2, -0.15) is 4.98 Å². The molecule has 0 aliphatic rings. The molecule has 12 heteroatoms. The van der Waals surface area contributed by atoms with Gasteiger partial charge in [-0.3, -0.25) is 9.63 Å². The quantitative estimate of drug-likeness (QED) is 0.179. The first-order valence-electron chi connectivity index (χ1n) is 12.2. The minimum atomic E-state index is -2.60. The van der Waals surface area contributed by atoms with Gasteiger partial charge in [-0.15, -0.1) is 0 Å². The maximum atomic E-state index is 14.8. The molecule has 2 aromatic carbocycles. The molecule has 9 nitrogen and oxygen atoms in total. The zero-order chi connectivity index (χ0) is 27.9. The minimum absolute atomic E-state index is 0.0960. The predicted molar refractivity (Wildman–Crippen MR) is 150 cm³/mol. The number of hydroxylamine groups is 1. The van der Waals surface area contributed by atoms with E-state index in [-0.39, 0.29) is 46.3 Å². The van der Waals surface area contributed by atoms with Crippen LogP contribution >= 0.6 is 18.7 Å². The minimum Gasteiger partial charge on any atom is -0.495 e. The van der Waals surface area contributed by atoms with E-state index in [9.17, 15) is 13.8 Å². The Bertz CT molecular complexity index is 1330. The second-order valence-electron chi connectivity index (χ2n) is 8.85. The highest BCUT2D eigenvalue weighted by Gasteiger charge is 2.24. The van der Waals surface area contributed by atoms with Crippen molar-refractivity contribution in [2.24, 2.45) is 5.92 Å². The van der Waals surface area contributed by atoms with E-state index in [4.69, 9.17) is 21.2 Å². The number of aromatic nitrogens is 2. The van der Waals surface area contributed by atoms with Crippen molar-refractivity contribution >= 4 is 53.1 Å². The van der Waals surface area contributed by atoms with Gasteiger partial charge in [0.25, 0.3) is 5.91 Å². The van der Waals surface area contributed by atoms with Crippen molar-refractivity contribution in [1.82, 2.24) is 15.4 Å². The fourth-order valence-corrected chi connectivity index (χ4v) is 5.78. The Kier molecular flexibility index (Phi) is 10.1. The van der Waals surface area contributed by atoms with E-state index < -0.39 is 18.9 Å². The topological polar surface area (TPSA) is 114 Å². The van der Waals surface area contributed by atoms with E-state index in [0.717, 1.165) is 6.07 Å². The number of nitrogens with one attached hydrogen (secondary N) is 3. The summed E-state index contributed by atoms with van der Waals surface area (Å²) >= 11 is 6.36. The van der Waals surface area contributed by atoms with Gasteiger partial charge in [-0.05, 0) is 24.1 Å². The van der Waals surface area contributed by atoms with Crippen LogP contribution in [0, 0.1) is 11.7 Å². The molecule has 0 spiro atoms. The third-order valence-electron chi connectivity index (χ3n) is 5.72. The summed E-state index contributed by atoms with van der Waals surface area (Å²) in [6.07, 6.45) is 2.43. The average Bonchev–Trinajstić information content (AvgIpc) is 2.90. The maximum Gasteiger partial charge on any atom is 0.277 e. The van der Waals surface area contributed by atoms with Crippen LogP contribution in [0.1, 0.15) is 38.1 Å². The smallest absolute Gasteiger partial charge is 0.277 e. The molecule has 0 aliphatic carbocycles. The number of hydrogen-bond acceptors (Lipinski definition) is 8. The van der Waals surface area contributed by atoms with Crippen molar-refractivity contribution in [3.63, 3.8) is 0 Å². The number of benzene rings is 2. The molecule has 0 saturated heterocycles. The van der Waals surface area contributed by atoms with Crippen molar-refractivity contribution in [1.29, 1.82) is 0 Å². The Morgan fingerprint density at radius 2 is 1.84 bits per heavy atom. The Labute approximate surface area is 226 Å². The Balaban J connectivity index is 1.88. The van der Waals surface area contributed by atoms with Crippen molar-refractivity contribution in [3.8, 4) is 5.75 Å². The highest BCUT2D eigenvalue weighted by Crippen LogP contribution is 2.46. The number of nitrogens with zero attached hydrogens (tertiary/aromatic N) is 2. The summed E-state index contributed by atoms with van der Waals surface area (Å²) in [6.45, 7) is 7.93. The van der Waals surface area contributed by atoms with Gasteiger partial charge in [0, 0.05) is 23.7 Å². The number of carbonyl (C=O) groups excluding carboxylic acids is 1. The number of amides is 1. The molecule has 0 atom stereocenters. The van der Waals surface area contributed by atoms with Crippen LogP contribution in [0.5, 0.6) is 5.75 Å². The lowest BCUT2D eigenvalue weighted by Gasteiger charge is -2.20. The number of anilines is 4. The van der Waals surface area contributed by atoms with Crippen LogP contribution in [0.15, 0.2) is 42.6 Å². The molecule has 1 heterocycles. The number of rotatable bonds is 12. The van der Waals surface area contributed by atoms with Crippen LogP contribution in [-0.4, -0.2) is 41.9 Å². The van der Waals surface area contributed by atoms with E-state index >= 15 is 0 Å². The fourth-order valence-electron chi connectivity index (χ4n) is 3.58. The van der Waals surface area contributed by atoms with E-state index in [1.807, 2.05) is 52.0 Å². The summed E-state index contributed by atoms with van der Waals surface area (Å²) in [7, 11) is -1.21. The molecule has 38 heavy (non-hydrogen) atoms. The molecule has 1 amide bonds. The van der Waals surface area contributed by atoms with Gasteiger partial charge in [0.2, 0.25) is 5.95 Å². The SMILES string of the molecule is CCP(=O)(CC)c1ccccc1Nc1nc(Nc2cc(F)c(C(=O)NOCC(C)C)cc2OC)ncc1Cl. The lowest BCUT2D eigenvalue weighted by molar-refractivity contribution is 0.0205. The number of carbonyl (C=O) groups is 1. The molecule has 3 N–H and O–H groups in total. The van der Waals surface area contributed by atoms with Gasteiger partial charge < -0.3 is 19.9 Å². The highest BCUT2D eigenvalue weighted by atomic mass is 35.5. The van der Waals surface area contributed by atoms with E-state index in [2.05, 4.69) is 26.1 Å². The lowest BCUT2D eigenvalue weighted by Crippen LogP contribution is -2.26. The van der Waals surface area contributed by atoms with Crippen LogP contribution in [0.3, 0.4) is 0 Å². The van der Waals surface area contributed by atoms with Crippen LogP contribution in [0.2, 0.25) is 5.02 Å². The lowest BCUT2D eigenvalue weighted by atomic mass is 10.1. The molecule has 3 aromatic rings. The second-order valence-corrected chi connectivity index (χ2v) is 12.8. The number of ether oxygens (including phenoxy) is 1. The largest absolute Gasteiger partial charge is 0.495 e. The van der Waals surface area contributed by atoms with Crippen LogP contribution in [0.4, 0.5) is 27.5 Å². The number of hydrogen-bond donors (Lipinski definition) is 3. The summed E-state index contributed by atoms with van der Waals surface area (Å²) in [6, 6.07) is 9.68. The standard InChI is InChI=1S/C26H32ClFN5O4P/c1-6-38(35,7-2)23-11-9-8-10-20(23)30-24-18(27)14-29-26(32-24)31-21-13-19(28)17(12-22(21)36-5)25(34)33-37-15-16(3)4/h8-14,16H,6-7,15H2,1-5H3,(H,33,34)(H2,29,30,31,32). The Morgan fingerprint density at radius 3 is 2.50 bits per heavy atom. The molecule has 3 rings (SSSR count). The summed E-state index contributed by atoms with van der Waals surface area (Å²) in [5.41, 5.74) is 2.81. The van der Waals surface area contributed by atoms with E-state index in [1.165, 1.54) is 19.4 Å². The summed E-state index contributed by atoms with van der Waals surface area (Å²) in [4.78, 5) is 26.1. The molecular weight excluding hydrogens is 532 g/mol. The van der Waals surface area contributed by atoms with Gasteiger partial charge in [0.1, 0.15) is 23.7 Å². The zero-order valence-electron chi connectivity index (χ0n) is 22.0. The van der Waals surface area contributed by atoms with Crippen molar-refractivity contribution in [3.05, 3.63) is 59.0 Å². The van der Waals surface area contributed by atoms with Gasteiger partial charge in [0.05, 0.1) is 36.9 Å². The summed E-state index contributed by atoms with van der Waals surface area (Å²) in [5, 5.41) is 7.02. The molecule has 204 valence electrons. The molecular formula is C26H32ClFN5O4P. The van der Waals surface area contributed by atoms with Gasteiger partial charge >= 0.3 is 0 Å². The summed E-state index contributed by atoms with van der Waals surface area (Å²) < 4.78 is 33.6. The van der Waals surface area contributed by atoms with Gasteiger partial charge in [0.15, 0.2) is 5.82 Å². The van der Waals surface area contributed by atoms with Crippen LogP contribution < -0.4 is 26.2 Å². The molecule has 0 fully saturated rings. The molecule has 0 radical (unpaired) electrons. The second kappa shape index (κ2) is 13.0. The number of methoxy groups -OCH3 is 1. The van der Waals surface area contributed by atoms with Crippen LogP contribution in [-0.2, 0) is 9.40 Å². The first-order chi connectivity index (χ1) is 18.1.